The lowest BCUT2D eigenvalue weighted by atomic mass is 10.7. The van der Waals surface area contributed by atoms with Crippen molar-refractivity contribution in [1.29, 1.82) is 0 Å². The van der Waals surface area contributed by atoms with Gasteiger partial charge in [-0.1, -0.05) is 24.0 Å². The Kier molecular flexibility index (Phi) is 4.20. The molecule has 0 saturated carbocycles. The molecule has 0 bridgehead atoms. The summed E-state index contributed by atoms with van der Waals surface area (Å²) in [4.78, 5) is 14.0. The third-order valence-electron chi connectivity index (χ3n) is 0.923. The lowest BCUT2D eigenvalue weighted by molar-refractivity contribution is -0.116. The average Bonchev–Trinajstić information content (AvgIpc) is 2.63. The number of carbonyl (C=O) groups excluding carboxylic acids is 1. The number of rotatable bonds is 0. The van der Waals surface area contributed by atoms with Crippen molar-refractivity contribution < 1.29 is 4.79 Å². The molecule has 64 valence electrons. The minimum Gasteiger partial charge on any atom is -0.311 e. The maximum Gasteiger partial charge on any atom is 0.235 e. The van der Waals surface area contributed by atoms with Crippen LogP contribution in [0, 0.1) is 0 Å². The summed E-state index contributed by atoms with van der Waals surface area (Å²) in [7, 11) is 0. The fourth-order valence-corrected chi connectivity index (χ4v) is 1.66. The lowest BCUT2D eigenvalue weighted by Gasteiger charge is -1.81. The van der Waals surface area contributed by atoms with Crippen molar-refractivity contribution in [2.45, 2.75) is 0 Å². The number of thiocarbonyl (C=S) groups is 1. The number of thioether (sulfide) groups is 1. The number of thiazole rings is 1. The zero-order valence-corrected chi connectivity index (χ0v) is 8.47. The molecule has 0 spiro atoms. The van der Waals surface area contributed by atoms with Crippen LogP contribution in [0.2, 0.25) is 0 Å². The molecule has 0 aromatic carbocycles. The molecule has 1 amide bonds. The van der Waals surface area contributed by atoms with E-state index in [0.29, 0.717) is 10.1 Å². The predicted octanol–water partition coefficient (Wildman–Crippen LogP) is 1.28. The zero-order valence-electron chi connectivity index (χ0n) is 6.02. The van der Waals surface area contributed by atoms with Crippen molar-refractivity contribution in [3.63, 3.8) is 0 Å². The molecule has 12 heavy (non-hydrogen) atoms. The number of carbonyl (C=O) groups is 1. The summed E-state index contributed by atoms with van der Waals surface area (Å²) in [6.45, 7) is 0. The Morgan fingerprint density at radius 1 is 1.67 bits per heavy atom. The molecule has 1 aromatic rings. The van der Waals surface area contributed by atoms with Crippen molar-refractivity contribution in [3.05, 3.63) is 17.1 Å². The summed E-state index contributed by atoms with van der Waals surface area (Å²) < 4.78 is 0.602. The molecule has 1 N–H and O–H groups in total. The van der Waals surface area contributed by atoms with Crippen LogP contribution in [0.4, 0.5) is 0 Å². The molecule has 0 radical (unpaired) electrons. The van der Waals surface area contributed by atoms with Gasteiger partial charge in [0.2, 0.25) is 5.91 Å². The van der Waals surface area contributed by atoms with E-state index in [2.05, 4.69) is 22.5 Å². The second kappa shape index (κ2) is 5.23. The minimum absolute atomic E-state index is 0.0231. The molecule has 1 fully saturated rings. The molecular weight excluding hydrogens is 212 g/mol. The molecule has 0 atom stereocenters. The first-order chi connectivity index (χ1) is 5.79. The van der Waals surface area contributed by atoms with Crippen LogP contribution in [-0.2, 0) is 4.79 Å². The molecule has 1 aromatic heterocycles. The maximum absolute atomic E-state index is 10.2. The van der Waals surface area contributed by atoms with E-state index in [1.165, 1.54) is 11.8 Å². The Morgan fingerprint density at radius 2 is 2.50 bits per heavy atom. The summed E-state index contributed by atoms with van der Waals surface area (Å²) in [5, 5.41) is 4.40. The number of hydrogen-bond acceptors (Lipinski definition) is 5. The molecule has 1 saturated heterocycles. The topological polar surface area (TPSA) is 42.0 Å². The van der Waals surface area contributed by atoms with Crippen molar-refractivity contribution in [3.8, 4) is 0 Å². The van der Waals surface area contributed by atoms with Gasteiger partial charge in [0, 0.05) is 11.6 Å². The predicted molar refractivity (Wildman–Crippen MR) is 55.3 cm³/mol. The Balaban J connectivity index is 0.000000127. The van der Waals surface area contributed by atoms with E-state index in [1.807, 2.05) is 5.38 Å². The summed E-state index contributed by atoms with van der Waals surface area (Å²) in [5.74, 6) is 0.522. The molecule has 0 unspecified atom stereocenters. The van der Waals surface area contributed by atoms with Gasteiger partial charge in [-0.2, -0.15) is 0 Å². The van der Waals surface area contributed by atoms with Crippen molar-refractivity contribution >= 4 is 45.5 Å². The average molecular weight is 218 g/mol. The van der Waals surface area contributed by atoms with Gasteiger partial charge < -0.3 is 5.32 Å². The molecular formula is C6H6N2OS3. The maximum atomic E-state index is 10.2. The highest BCUT2D eigenvalue weighted by atomic mass is 32.2. The SMILES string of the molecule is O=C1CSC(=S)N1.c1cscn1. The third kappa shape index (κ3) is 3.80. The van der Waals surface area contributed by atoms with Gasteiger partial charge in [0.15, 0.2) is 0 Å². The Labute approximate surface area is 83.6 Å². The van der Waals surface area contributed by atoms with Crippen LogP contribution >= 0.6 is 35.3 Å². The number of hydrogen-bond donors (Lipinski definition) is 1. The smallest absolute Gasteiger partial charge is 0.235 e. The number of aromatic nitrogens is 1. The first-order valence-electron chi connectivity index (χ1n) is 3.08. The van der Waals surface area contributed by atoms with Crippen LogP contribution in [-0.4, -0.2) is 21.0 Å². The van der Waals surface area contributed by atoms with Crippen LogP contribution in [0.5, 0.6) is 0 Å². The monoisotopic (exact) mass is 218 g/mol. The number of nitrogens with zero attached hydrogens (tertiary/aromatic N) is 1. The number of nitrogens with one attached hydrogen (secondary N) is 1. The zero-order chi connectivity index (χ0) is 8.81. The Morgan fingerprint density at radius 3 is 2.67 bits per heavy atom. The summed E-state index contributed by atoms with van der Waals surface area (Å²) in [5.41, 5.74) is 1.79. The second-order valence-corrected chi connectivity index (χ2v) is 4.21. The molecule has 0 aliphatic carbocycles. The molecule has 6 heteroatoms. The van der Waals surface area contributed by atoms with Gasteiger partial charge in [0.25, 0.3) is 0 Å². The van der Waals surface area contributed by atoms with Crippen LogP contribution in [0.25, 0.3) is 0 Å². The summed E-state index contributed by atoms with van der Waals surface area (Å²) in [6, 6.07) is 0. The van der Waals surface area contributed by atoms with Gasteiger partial charge in [-0.3, -0.25) is 9.78 Å². The largest absolute Gasteiger partial charge is 0.311 e. The fourth-order valence-electron chi connectivity index (χ4n) is 0.493. The number of amides is 1. The molecule has 1 aliphatic heterocycles. The van der Waals surface area contributed by atoms with E-state index in [1.54, 1.807) is 23.0 Å². The van der Waals surface area contributed by atoms with Crippen molar-refractivity contribution in [1.82, 2.24) is 10.3 Å². The van der Waals surface area contributed by atoms with E-state index in [4.69, 9.17) is 0 Å². The quantitative estimate of drug-likeness (QED) is 0.666. The Bertz CT molecular complexity index is 229. The molecule has 3 nitrogen and oxygen atoms in total. The van der Waals surface area contributed by atoms with Crippen LogP contribution in [0.15, 0.2) is 17.1 Å². The molecule has 2 rings (SSSR count). The van der Waals surface area contributed by atoms with Crippen molar-refractivity contribution in [2.75, 3.05) is 5.75 Å². The first-order valence-corrected chi connectivity index (χ1v) is 5.41. The third-order valence-corrected chi connectivity index (χ3v) is 2.67. The standard InChI is InChI=1S/C3H3NOS2.C3H3NS/c5-2-1-7-3(6)4-2;1-2-5-3-4-1/h1H2,(H,4,5,6);1-3H. The van der Waals surface area contributed by atoms with E-state index < -0.39 is 0 Å². The van der Waals surface area contributed by atoms with Gasteiger partial charge in [0.1, 0.15) is 4.32 Å². The van der Waals surface area contributed by atoms with Crippen LogP contribution in [0.3, 0.4) is 0 Å². The van der Waals surface area contributed by atoms with Crippen LogP contribution in [0.1, 0.15) is 0 Å². The molecule has 1 aliphatic rings. The van der Waals surface area contributed by atoms with E-state index in [9.17, 15) is 4.79 Å². The van der Waals surface area contributed by atoms with Gasteiger partial charge in [-0.05, 0) is 0 Å². The van der Waals surface area contributed by atoms with Gasteiger partial charge in [0.05, 0.1) is 11.3 Å². The van der Waals surface area contributed by atoms with Crippen molar-refractivity contribution in [2.24, 2.45) is 0 Å². The summed E-state index contributed by atoms with van der Waals surface area (Å²) >= 11 is 7.61. The minimum atomic E-state index is 0.0231. The summed E-state index contributed by atoms with van der Waals surface area (Å²) in [6.07, 6.45) is 1.77. The van der Waals surface area contributed by atoms with Gasteiger partial charge in [-0.25, -0.2) is 0 Å². The second-order valence-electron chi connectivity index (χ2n) is 1.80. The Hall–Kier alpha value is -0.460. The highest BCUT2D eigenvalue weighted by molar-refractivity contribution is 8.24. The van der Waals surface area contributed by atoms with E-state index in [0.717, 1.165) is 0 Å². The van der Waals surface area contributed by atoms with E-state index in [-0.39, 0.29) is 5.91 Å². The highest BCUT2D eigenvalue weighted by Crippen LogP contribution is 2.06. The molecule has 2 heterocycles. The van der Waals surface area contributed by atoms with Crippen LogP contribution < -0.4 is 5.32 Å². The van der Waals surface area contributed by atoms with E-state index >= 15 is 0 Å². The lowest BCUT2D eigenvalue weighted by Crippen LogP contribution is -2.18. The van der Waals surface area contributed by atoms with Gasteiger partial charge >= 0.3 is 0 Å². The van der Waals surface area contributed by atoms with Gasteiger partial charge in [-0.15, -0.1) is 11.3 Å². The first kappa shape index (κ1) is 9.63. The normalized spacial score (nSPS) is 15.0. The highest BCUT2D eigenvalue weighted by Gasteiger charge is 2.13. The fraction of sp³-hybridized carbons (Fsp3) is 0.167.